The number of ether oxygens (including phenoxy) is 1. The molecule has 0 atom stereocenters. The molecule has 8 nitrogen and oxygen atoms in total. The van der Waals surface area contributed by atoms with Crippen molar-refractivity contribution >= 4 is 15.7 Å². The van der Waals surface area contributed by atoms with Gasteiger partial charge in [0.2, 0.25) is 5.03 Å². The molecule has 1 saturated carbocycles. The second-order valence-electron chi connectivity index (χ2n) is 3.61. The first-order chi connectivity index (χ1) is 7.88. The lowest BCUT2D eigenvalue weighted by atomic mass is 10.4. The summed E-state index contributed by atoms with van der Waals surface area (Å²) in [5, 5.41) is 14.8. The van der Waals surface area contributed by atoms with Gasteiger partial charge in [0.1, 0.15) is 5.75 Å². The van der Waals surface area contributed by atoms with E-state index in [0.29, 0.717) is 0 Å². The Balaban J connectivity index is 2.43. The first kappa shape index (κ1) is 11.7. The van der Waals surface area contributed by atoms with Crippen molar-refractivity contribution in [2.24, 2.45) is 5.14 Å². The van der Waals surface area contributed by atoms with Crippen LogP contribution >= 0.6 is 0 Å². The summed E-state index contributed by atoms with van der Waals surface area (Å²) in [6.07, 6.45) is 2.91. The number of aromatic nitrogens is 1. The van der Waals surface area contributed by atoms with E-state index in [1.165, 1.54) is 0 Å². The Morgan fingerprint density at radius 3 is 2.65 bits per heavy atom. The minimum absolute atomic E-state index is 0.0386. The molecule has 0 aromatic carbocycles. The lowest BCUT2D eigenvalue weighted by Crippen LogP contribution is -2.16. The third-order valence-electron chi connectivity index (χ3n) is 2.10. The van der Waals surface area contributed by atoms with Gasteiger partial charge in [-0.3, -0.25) is 10.1 Å². The van der Waals surface area contributed by atoms with Crippen molar-refractivity contribution in [1.29, 1.82) is 0 Å². The van der Waals surface area contributed by atoms with E-state index >= 15 is 0 Å². The quantitative estimate of drug-likeness (QED) is 0.607. The predicted molar refractivity (Wildman–Crippen MR) is 55.9 cm³/mol. The van der Waals surface area contributed by atoms with Gasteiger partial charge >= 0.3 is 5.69 Å². The SMILES string of the molecule is NS(=O)(=O)c1ncc(OC2CC2)cc1[N+](=O)[O-]. The Bertz CT molecular complexity index is 567. The van der Waals surface area contributed by atoms with Crippen molar-refractivity contribution < 1.29 is 18.1 Å². The van der Waals surface area contributed by atoms with Gasteiger partial charge in [0, 0.05) is 0 Å². The molecule has 0 radical (unpaired) electrons. The van der Waals surface area contributed by atoms with Crippen LogP contribution in [0.15, 0.2) is 17.3 Å². The highest BCUT2D eigenvalue weighted by Crippen LogP contribution is 2.30. The number of hydrogen-bond acceptors (Lipinski definition) is 6. The molecule has 1 aliphatic rings. The zero-order valence-electron chi connectivity index (χ0n) is 8.57. The molecule has 9 heteroatoms. The lowest BCUT2D eigenvalue weighted by molar-refractivity contribution is -0.388. The summed E-state index contributed by atoms with van der Waals surface area (Å²) < 4.78 is 27.4. The highest BCUT2D eigenvalue weighted by molar-refractivity contribution is 7.89. The van der Waals surface area contributed by atoms with E-state index in [0.717, 1.165) is 25.1 Å². The average molecular weight is 259 g/mol. The van der Waals surface area contributed by atoms with Crippen molar-refractivity contribution in [2.75, 3.05) is 0 Å². The fourth-order valence-electron chi connectivity index (χ4n) is 1.21. The van der Waals surface area contributed by atoms with Crippen molar-refractivity contribution in [3.63, 3.8) is 0 Å². The molecule has 0 spiro atoms. The monoisotopic (exact) mass is 259 g/mol. The Morgan fingerprint density at radius 2 is 2.18 bits per heavy atom. The Hall–Kier alpha value is -1.74. The van der Waals surface area contributed by atoms with Crippen LogP contribution in [-0.4, -0.2) is 24.4 Å². The second-order valence-corrected chi connectivity index (χ2v) is 5.09. The third-order valence-corrected chi connectivity index (χ3v) is 2.95. The number of primary sulfonamides is 1. The van der Waals surface area contributed by atoms with Crippen LogP contribution in [0.2, 0.25) is 0 Å². The molecule has 2 rings (SSSR count). The zero-order chi connectivity index (χ0) is 12.6. The zero-order valence-corrected chi connectivity index (χ0v) is 9.38. The van der Waals surface area contributed by atoms with Crippen molar-refractivity contribution in [3.8, 4) is 5.75 Å². The largest absolute Gasteiger partial charge is 0.489 e. The minimum atomic E-state index is -4.22. The second kappa shape index (κ2) is 3.93. The minimum Gasteiger partial charge on any atom is -0.489 e. The highest BCUT2D eigenvalue weighted by Gasteiger charge is 2.28. The van der Waals surface area contributed by atoms with Crippen LogP contribution in [0.5, 0.6) is 5.75 Å². The molecule has 2 N–H and O–H groups in total. The number of rotatable bonds is 4. The lowest BCUT2D eigenvalue weighted by Gasteiger charge is -2.05. The molecule has 1 aliphatic carbocycles. The highest BCUT2D eigenvalue weighted by atomic mass is 32.2. The van der Waals surface area contributed by atoms with E-state index in [1.807, 2.05) is 0 Å². The number of nitrogens with zero attached hydrogens (tertiary/aromatic N) is 2. The molecule has 0 unspecified atom stereocenters. The molecular formula is C8H9N3O5S. The van der Waals surface area contributed by atoms with Crippen LogP contribution in [0.1, 0.15) is 12.8 Å². The van der Waals surface area contributed by atoms with Crippen LogP contribution in [0, 0.1) is 10.1 Å². The summed E-state index contributed by atoms with van der Waals surface area (Å²) in [5.41, 5.74) is -0.675. The van der Waals surface area contributed by atoms with Gasteiger partial charge in [-0.15, -0.1) is 0 Å². The van der Waals surface area contributed by atoms with Crippen LogP contribution in [0.25, 0.3) is 0 Å². The number of nitrogens with two attached hydrogens (primary N) is 1. The van der Waals surface area contributed by atoms with E-state index < -0.39 is 25.7 Å². The number of hydrogen-bond donors (Lipinski definition) is 1. The van der Waals surface area contributed by atoms with Crippen molar-refractivity contribution in [3.05, 3.63) is 22.4 Å². The summed E-state index contributed by atoms with van der Waals surface area (Å²) in [5.74, 6) is 0.173. The predicted octanol–water partition coefficient (Wildman–Crippen LogP) is 0.178. The summed E-state index contributed by atoms with van der Waals surface area (Å²) in [6.45, 7) is 0. The molecule has 1 fully saturated rings. The van der Waals surface area contributed by atoms with Gasteiger partial charge in [0.15, 0.2) is 0 Å². The molecule has 92 valence electrons. The maximum atomic E-state index is 11.1. The van der Waals surface area contributed by atoms with Gasteiger partial charge in [0.05, 0.1) is 23.3 Å². The van der Waals surface area contributed by atoms with Crippen molar-refractivity contribution in [1.82, 2.24) is 4.98 Å². The molecule has 0 amide bonds. The van der Waals surface area contributed by atoms with E-state index in [1.54, 1.807) is 0 Å². The van der Waals surface area contributed by atoms with Crippen LogP contribution in [0.4, 0.5) is 5.69 Å². The number of pyridine rings is 1. The fraction of sp³-hybridized carbons (Fsp3) is 0.375. The summed E-state index contributed by atoms with van der Waals surface area (Å²) >= 11 is 0. The first-order valence-electron chi connectivity index (χ1n) is 4.72. The molecule has 0 bridgehead atoms. The third kappa shape index (κ3) is 2.68. The topological polar surface area (TPSA) is 125 Å². The van der Waals surface area contributed by atoms with E-state index in [4.69, 9.17) is 9.88 Å². The Labute approximate surface area is 96.6 Å². The van der Waals surface area contributed by atoms with Gasteiger partial charge in [-0.05, 0) is 12.8 Å². The van der Waals surface area contributed by atoms with Gasteiger partial charge < -0.3 is 4.74 Å². The van der Waals surface area contributed by atoms with E-state index in [-0.39, 0.29) is 11.9 Å². The molecule has 0 saturated heterocycles. The normalized spacial score (nSPS) is 15.6. The molecule has 17 heavy (non-hydrogen) atoms. The maximum absolute atomic E-state index is 11.1. The molecule has 1 aromatic heterocycles. The molecule has 1 heterocycles. The van der Waals surface area contributed by atoms with Crippen LogP contribution in [-0.2, 0) is 10.0 Å². The van der Waals surface area contributed by atoms with E-state index in [2.05, 4.69) is 4.98 Å². The maximum Gasteiger partial charge on any atom is 0.311 e. The smallest absolute Gasteiger partial charge is 0.311 e. The van der Waals surface area contributed by atoms with E-state index in [9.17, 15) is 18.5 Å². The molecule has 1 aromatic rings. The molecule has 0 aliphatic heterocycles. The van der Waals surface area contributed by atoms with Gasteiger partial charge in [-0.25, -0.2) is 18.5 Å². The van der Waals surface area contributed by atoms with Gasteiger partial charge in [0.25, 0.3) is 10.0 Å². The van der Waals surface area contributed by atoms with Crippen LogP contribution < -0.4 is 9.88 Å². The van der Waals surface area contributed by atoms with Crippen molar-refractivity contribution in [2.45, 2.75) is 24.0 Å². The summed E-state index contributed by atoms with van der Waals surface area (Å²) in [4.78, 5) is 13.3. The Morgan fingerprint density at radius 1 is 1.53 bits per heavy atom. The van der Waals surface area contributed by atoms with Gasteiger partial charge in [-0.2, -0.15) is 0 Å². The van der Waals surface area contributed by atoms with Gasteiger partial charge in [-0.1, -0.05) is 0 Å². The standard InChI is InChI=1S/C8H9N3O5S/c9-17(14,15)8-7(11(12)13)3-6(4-10-8)16-5-1-2-5/h3-5H,1-2H2,(H2,9,14,15). The average Bonchev–Trinajstić information content (AvgIpc) is 2.99. The fourth-order valence-corrected chi connectivity index (χ4v) is 1.84. The summed E-state index contributed by atoms with van der Waals surface area (Å²) in [6, 6.07) is 1.02. The number of nitro groups is 1. The Kier molecular flexibility index (Phi) is 2.71. The first-order valence-corrected chi connectivity index (χ1v) is 6.26. The summed E-state index contributed by atoms with van der Waals surface area (Å²) in [7, 11) is -4.22. The molecular weight excluding hydrogens is 250 g/mol. The van der Waals surface area contributed by atoms with Crippen LogP contribution in [0.3, 0.4) is 0 Å². The number of sulfonamides is 1.